The van der Waals surface area contributed by atoms with Crippen LogP contribution in [0.1, 0.15) is 37.0 Å². The lowest BCUT2D eigenvalue weighted by molar-refractivity contribution is 0.0525. The first-order valence-corrected chi connectivity index (χ1v) is 6.62. The molecule has 2 heterocycles. The molecular weight excluding hydrogens is 244 g/mol. The summed E-state index contributed by atoms with van der Waals surface area (Å²) < 4.78 is 10.4. The van der Waals surface area contributed by atoms with Gasteiger partial charge in [-0.1, -0.05) is 0 Å². The van der Waals surface area contributed by atoms with Crippen molar-refractivity contribution in [3.63, 3.8) is 0 Å². The highest BCUT2D eigenvalue weighted by atomic mass is 16.5. The van der Waals surface area contributed by atoms with Gasteiger partial charge in [-0.2, -0.15) is 0 Å². The van der Waals surface area contributed by atoms with Crippen LogP contribution in [0.15, 0.2) is 18.3 Å². The Morgan fingerprint density at radius 1 is 1.58 bits per heavy atom. The predicted molar refractivity (Wildman–Crippen MR) is 72.3 cm³/mol. The van der Waals surface area contributed by atoms with Crippen LogP contribution in [-0.4, -0.2) is 36.3 Å². The van der Waals surface area contributed by atoms with Crippen LogP contribution in [0, 0.1) is 0 Å². The van der Waals surface area contributed by atoms with E-state index in [-0.39, 0.29) is 11.5 Å². The van der Waals surface area contributed by atoms with Gasteiger partial charge in [0.15, 0.2) is 0 Å². The Morgan fingerprint density at radius 2 is 2.42 bits per heavy atom. The number of pyridine rings is 1. The summed E-state index contributed by atoms with van der Waals surface area (Å²) in [5, 5.41) is 3.37. The van der Waals surface area contributed by atoms with Crippen molar-refractivity contribution in [2.24, 2.45) is 0 Å². The molecule has 1 unspecified atom stereocenters. The first kappa shape index (κ1) is 13.8. The molecule has 1 saturated heterocycles. The van der Waals surface area contributed by atoms with Gasteiger partial charge in [-0.3, -0.25) is 0 Å². The predicted octanol–water partition coefficient (Wildman–Crippen LogP) is 2.24. The normalized spacial score (nSPS) is 22.8. The lowest BCUT2D eigenvalue weighted by atomic mass is 9.95. The van der Waals surface area contributed by atoms with Crippen molar-refractivity contribution in [2.75, 3.05) is 25.1 Å². The van der Waals surface area contributed by atoms with Gasteiger partial charge >= 0.3 is 5.97 Å². The summed E-state index contributed by atoms with van der Waals surface area (Å²) in [7, 11) is 0. The van der Waals surface area contributed by atoms with Crippen LogP contribution in [0.4, 0.5) is 5.82 Å². The van der Waals surface area contributed by atoms with Gasteiger partial charge in [0.25, 0.3) is 0 Å². The molecule has 1 aromatic heterocycles. The van der Waals surface area contributed by atoms with E-state index >= 15 is 0 Å². The smallest absolute Gasteiger partial charge is 0.339 e. The molecule has 1 aliphatic rings. The first-order valence-electron chi connectivity index (χ1n) is 6.62. The van der Waals surface area contributed by atoms with Gasteiger partial charge in [-0.15, -0.1) is 0 Å². The number of anilines is 1. The molecule has 1 aliphatic heterocycles. The van der Waals surface area contributed by atoms with Crippen LogP contribution in [-0.2, 0) is 9.47 Å². The van der Waals surface area contributed by atoms with E-state index in [1.807, 2.05) is 0 Å². The highest BCUT2D eigenvalue weighted by Crippen LogP contribution is 2.23. The minimum Gasteiger partial charge on any atom is -0.462 e. The highest BCUT2D eigenvalue weighted by molar-refractivity contribution is 5.89. The summed E-state index contributed by atoms with van der Waals surface area (Å²) >= 11 is 0. The fourth-order valence-electron chi connectivity index (χ4n) is 2.14. The second kappa shape index (κ2) is 6.02. The van der Waals surface area contributed by atoms with Crippen LogP contribution >= 0.6 is 0 Å². The van der Waals surface area contributed by atoms with Crippen LogP contribution in [0.2, 0.25) is 0 Å². The van der Waals surface area contributed by atoms with Crippen LogP contribution in [0.3, 0.4) is 0 Å². The molecular formula is C14H20N2O3. The second-order valence-corrected chi connectivity index (χ2v) is 4.99. The molecule has 104 valence electrons. The molecule has 0 aliphatic carbocycles. The number of hydrogen-bond donors (Lipinski definition) is 1. The zero-order valence-corrected chi connectivity index (χ0v) is 11.4. The number of aromatic nitrogens is 1. The molecule has 0 bridgehead atoms. The molecule has 0 saturated carbocycles. The number of nitrogens with zero attached hydrogens (tertiary/aromatic N) is 1. The van der Waals surface area contributed by atoms with Crippen LogP contribution in [0.25, 0.3) is 0 Å². The molecule has 1 N–H and O–H groups in total. The summed E-state index contributed by atoms with van der Waals surface area (Å²) in [6.45, 7) is 5.77. The summed E-state index contributed by atoms with van der Waals surface area (Å²) in [4.78, 5) is 15.8. The Kier molecular flexibility index (Phi) is 4.37. The molecule has 5 nitrogen and oxygen atoms in total. The molecule has 0 amide bonds. The monoisotopic (exact) mass is 264 g/mol. The summed E-state index contributed by atoms with van der Waals surface area (Å²) in [5.41, 5.74) is 0.383. The molecule has 2 rings (SSSR count). The zero-order valence-electron chi connectivity index (χ0n) is 11.4. The number of esters is 1. The molecule has 0 radical (unpaired) electrons. The quantitative estimate of drug-likeness (QED) is 0.845. The van der Waals surface area contributed by atoms with Crippen molar-refractivity contribution < 1.29 is 14.3 Å². The van der Waals surface area contributed by atoms with E-state index in [1.165, 1.54) is 6.20 Å². The fourth-order valence-corrected chi connectivity index (χ4v) is 2.14. The van der Waals surface area contributed by atoms with Crippen molar-refractivity contribution in [1.82, 2.24) is 4.98 Å². The van der Waals surface area contributed by atoms with E-state index in [0.29, 0.717) is 18.8 Å². The van der Waals surface area contributed by atoms with E-state index in [4.69, 9.17) is 9.47 Å². The van der Waals surface area contributed by atoms with Crippen molar-refractivity contribution in [3.8, 4) is 0 Å². The maximum atomic E-state index is 11.5. The lowest BCUT2D eigenvalue weighted by Gasteiger charge is -2.34. The summed E-state index contributed by atoms with van der Waals surface area (Å²) in [5.74, 6) is 0.412. The minimum atomic E-state index is -0.339. The van der Waals surface area contributed by atoms with Gasteiger partial charge in [0.1, 0.15) is 5.82 Å². The van der Waals surface area contributed by atoms with Crippen molar-refractivity contribution in [2.45, 2.75) is 32.2 Å². The van der Waals surface area contributed by atoms with Gasteiger partial charge in [-0.05, 0) is 38.8 Å². The first-order chi connectivity index (χ1) is 9.13. The number of hydrogen-bond acceptors (Lipinski definition) is 5. The molecule has 0 aromatic carbocycles. The number of rotatable bonds is 4. The average molecular weight is 264 g/mol. The van der Waals surface area contributed by atoms with E-state index in [2.05, 4.69) is 17.2 Å². The topological polar surface area (TPSA) is 60.5 Å². The Labute approximate surface area is 113 Å². The molecule has 19 heavy (non-hydrogen) atoms. The SMILES string of the molecule is CCOC(=O)c1ccc(NC2(C)CCCOC2)nc1. The van der Waals surface area contributed by atoms with Gasteiger partial charge in [0.05, 0.1) is 24.3 Å². The van der Waals surface area contributed by atoms with Gasteiger partial charge in [0, 0.05) is 12.8 Å². The molecule has 5 heteroatoms. The third-order valence-corrected chi connectivity index (χ3v) is 3.14. The Morgan fingerprint density at radius 3 is 3.00 bits per heavy atom. The largest absolute Gasteiger partial charge is 0.462 e. The van der Waals surface area contributed by atoms with E-state index < -0.39 is 0 Å². The lowest BCUT2D eigenvalue weighted by Crippen LogP contribution is -2.43. The number of ether oxygens (including phenoxy) is 2. The van der Waals surface area contributed by atoms with E-state index in [0.717, 1.165) is 25.3 Å². The van der Waals surface area contributed by atoms with Crippen LogP contribution < -0.4 is 5.32 Å². The number of carbonyl (C=O) groups is 1. The molecule has 1 atom stereocenters. The Hall–Kier alpha value is -1.62. The van der Waals surface area contributed by atoms with Crippen molar-refractivity contribution >= 4 is 11.8 Å². The third kappa shape index (κ3) is 3.67. The Balaban J connectivity index is 2.00. The van der Waals surface area contributed by atoms with Crippen LogP contribution in [0.5, 0.6) is 0 Å². The average Bonchev–Trinajstić information content (AvgIpc) is 2.40. The van der Waals surface area contributed by atoms with Gasteiger partial charge in [-0.25, -0.2) is 9.78 Å². The Bertz CT molecular complexity index is 425. The highest BCUT2D eigenvalue weighted by Gasteiger charge is 2.27. The van der Waals surface area contributed by atoms with E-state index in [1.54, 1.807) is 19.1 Å². The van der Waals surface area contributed by atoms with E-state index in [9.17, 15) is 4.79 Å². The van der Waals surface area contributed by atoms with Crippen molar-refractivity contribution in [3.05, 3.63) is 23.9 Å². The molecule has 1 aromatic rings. The summed E-state index contributed by atoms with van der Waals surface area (Å²) in [6.07, 6.45) is 3.63. The fraction of sp³-hybridized carbons (Fsp3) is 0.571. The molecule has 1 fully saturated rings. The standard InChI is InChI=1S/C14H20N2O3/c1-3-19-13(17)11-5-6-12(15-9-11)16-14(2)7-4-8-18-10-14/h5-6,9H,3-4,7-8,10H2,1-2H3,(H,15,16). The van der Waals surface area contributed by atoms with Gasteiger partial charge < -0.3 is 14.8 Å². The van der Waals surface area contributed by atoms with Crippen molar-refractivity contribution in [1.29, 1.82) is 0 Å². The zero-order chi connectivity index (χ0) is 13.7. The number of nitrogens with one attached hydrogen (secondary N) is 1. The van der Waals surface area contributed by atoms with Gasteiger partial charge in [0.2, 0.25) is 0 Å². The maximum Gasteiger partial charge on any atom is 0.339 e. The summed E-state index contributed by atoms with van der Waals surface area (Å²) in [6, 6.07) is 3.52. The maximum absolute atomic E-state index is 11.5. The molecule has 0 spiro atoms. The third-order valence-electron chi connectivity index (χ3n) is 3.14. The number of carbonyl (C=O) groups excluding carboxylic acids is 1. The minimum absolute atomic E-state index is 0.0866. The second-order valence-electron chi connectivity index (χ2n) is 4.99.